The molecule has 98 valence electrons. The van der Waals surface area contributed by atoms with Gasteiger partial charge in [0.25, 0.3) is 0 Å². The number of hydrogen-bond acceptors (Lipinski definition) is 4. The number of rotatable bonds is 6. The Labute approximate surface area is 101 Å². The molecule has 6 nitrogen and oxygen atoms in total. The van der Waals surface area contributed by atoms with E-state index in [4.69, 9.17) is 10.8 Å². The van der Waals surface area contributed by atoms with Gasteiger partial charge < -0.3 is 16.2 Å². The van der Waals surface area contributed by atoms with Crippen LogP contribution in [-0.2, 0) is 9.59 Å². The maximum absolute atomic E-state index is 11.1. The molecule has 0 aromatic carbocycles. The number of nitrogens with two attached hydrogens (primary N) is 1. The lowest BCUT2D eigenvalue weighted by atomic mass is 10.0. The monoisotopic (exact) mass is 243 g/mol. The molecule has 1 amide bonds. The van der Waals surface area contributed by atoms with Crippen molar-refractivity contribution < 1.29 is 14.7 Å². The van der Waals surface area contributed by atoms with E-state index in [0.29, 0.717) is 0 Å². The highest BCUT2D eigenvalue weighted by molar-refractivity contribution is 5.76. The Morgan fingerprint density at radius 2 is 2.06 bits per heavy atom. The van der Waals surface area contributed by atoms with E-state index in [-0.39, 0.29) is 25.0 Å². The maximum Gasteiger partial charge on any atom is 0.304 e. The molecule has 1 saturated heterocycles. The molecule has 17 heavy (non-hydrogen) atoms. The fourth-order valence-corrected chi connectivity index (χ4v) is 2.33. The van der Waals surface area contributed by atoms with Crippen LogP contribution in [0.15, 0.2) is 0 Å². The fourth-order valence-electron chi connectivity index (χ4n) is 2.33. The van der Waals surface area contributed by atoms with Crippen LogP contribution in [0.3, 0.4) is 0 Å². The lowest BCUT2D eigenvalue weighted by Gasteiger charge is -2.37. The summed E-state index contributed by atoms with van der Waals surface area (Å²) in [7, 11) is 0. The van der Waals surface area contributed by atoms with Crippen molar-refractivity contribution in [2.75, 3.05) is 19.6 Å². The number of carboxylic acid groups (broad SMARTS) is 1. The second kappa shape index (κ2) is 6.56. The molecule has 0 radical (unpaired) electrons. The first-order chi connectivity index (χ1) is 8.00. The molecule has 0 aromatic rings. The number of aliphatic carboxylic acids is 1. The van der Waals surface area contributed by atoms with E-state index in [2.05, 4.69) is 5.32 Å². The van der Waals surface area contributed by atoms with Crippen molar-refractivity contribution in [2.45, 2.75) is 38.3 Å². The molecule has 0 saturated carbocycles. The zero-order valence-corrected chi connectivity index (χ0v) is 10.2. The van der Waals surface area contributed by atoms with Crippen molar-refractivity contribution in [3.8, 4) is 0 Å². The van der Waals surface area contributed by atoms with E-state index in [1.807, 2.05) is 11.8 Å². The smallest absolute Gasteiger partial charge is 0.304 e. The van der Waals surface area contributed by atoms with Crippen molar-refractivity contribution in [3.05, 3.63) is 0 Å². The van der Waals surface area contributed by atoms with Crippen molar-refractivity contribution in [1.82, 2.24) is 10.2 Å². The highest BCUT2D eigenvalue weighted by Gasteiger charge is 2.27. The number of amides is 1. The summed E-state index contributed by atoms with van der Waals surface area (Å²) in [5.41, 5.74) is 5.22. The van der Waals surface area contributed by atoms with Crippen LogP contribution < -0.4 is 11.1 Å². The number of nitrogens with zero attached hydrogens (tertiary/aromatic N) is 1. The van der Waals surface area contributed by atoms with E-state index in [1.54, 1.807) is 0 Å². The second-order valence-electron chi connectivity index (χ2n) is 4.57. The molecule has 1 atom stereocenters. The van der Waals surface area contributed by atoms with Crippen LogP contribution in [0.2, 0.25) is 0 Å². The van der Waals surface area contributed by atoms with Crippen LogP contribution >= 0.6 is 0 Å². The fraction of sp³-hybridized carbons (Fsp3) is 0.818. The van der Waals surface area contributed by atoms with Gasteiger partial charge in [0.15, 0.2) is 0 Å². The number of carbonyl (C=O) groups is 2. The van der Waals surface area contributed by atoms with Crippen LogP contribution in [0.5, 0.6) is 0 Å². The molecule has 6 heteroatoms. The highest BCUT2D eigenvalue weighted by atomic mass is 16.4. The summed E-state index contributed by atoms with van der Waals surface area (Å²) in [5, 5.41) is 12.1. The summed E-state index contributed by atoms with van der Waals surface area (Å²) in [6, 6.07) is 0.0844. The average Bonchev–Trinajstić information content (AvgIpc) is 2.25. The summed E-state index contributed by atoms with van der Waals surface area (Å²) >= 11 is 0. The van der Waals surface area contributed by atoms with E-state index < -0.39 is 11.9 Å². The zero-order chi connectivity index (χ0) is 12.8. The standard InChI is InChI=1S/C11H21N3O3/c1-8(6-11(16)17)14(7-10(12)15)9-2-4-13-5-3-9/h8-9,13H,2-7H2,1H3,(H2,12,15)(H,16,17). The molecule has 0 aliphatic carbocycles. The molecule has 4 N–H and O–H groups in total. The Kier molecular flexibility index (Phi) is 5.37. The van der Waals surface area contributed by atoms with E-state index in [9.17, 15) is 9.59 Å². The lowest BCUT2D eigenvalue weighted by Crippen LogP contribution is -2.50. The zero-order valence-electron chi connectivity index (χ0n) is 10.2. The van der Waals surface area contributed by atoms with Gasteiger partial charge in [0, 0.05) is 12.1 Å². The Morgan fingerprint density at radius 3 is 2.53 bits per heavy atom. The normalized spacial score (nSPS) is 19.2. The molecule has 1 unspecified atom stereocenters. The van der Waals surface area contributed by atoms with Gasteiger partial charge in [-0.1, -0.05) is 0 Å². The van der Waals surface area contributed by atoms with E-state index >= 15 is 0 Å². The van der Waals surface area contributed by atoms with Gasteiger partial charge in [-0.25, -0.2) is 0 Å². The molecule has 1 heterocycles. The van der Waals surface area contributed by atoms with Crippen LogP contribution in [0.4, 0.5) is 0 Å². The van der Waals surface area contributed by atoms with Crippen LogP contribution in [0.25, 0.3) is 0 Å². The first-order valence-electron chi connectivity index (χ1n) is 5.97. The summed E-state index contributed by atoms with van der Waals surface area (Å²) in [5.74, 6) is -1.25. The minimum absolute atomic E-state index is 0.0389. The minimum Gasteiger partial charge on any atom is -0.481 e. The number of primary amides is 1. The van der Waals surface area contributed by atoms with Crippen molar-refractivity contribution >= 4 is 11.9 Å². The molecule has 1 aliphatic heterocycles. The van der Waals surface area contributed by atoms with Crippen LogP contribution in [0, 0.1) is 0 Å². The summed E-state index contributed by atoms with van der Waals surface area (Å²) in [6.45, 7) is 3.78. The quantitative estimate of drug-likeness (QED) is 0.578. The number of carboxylic acids is 1. The molecule has 1 aliphatic rings. The Hall–Kier alpha value is -1.14. The van der Waals surface area contributed by atoms with E-state index in [1.165, 1.54) is 0 Å². The molecular weight excluding hydrogens is 222 g/mol. The SMILES string of the molecule is CC(CC(=O)O)N(CC(N)=O)C1CCNCC1. The highest BCUT2D eigenvalue weighted by Crippen LogP contribution is 2.16. The van der Waals surface area contributed by atoms with Crippen molar-refractivity contribution in [3.63, 3.8) is 0 Å². The Morgan fingerprint density at radius 1 is 1.47 bits per heavy atom. The van der Waals surface area contributed by atoms with Crippen LogP contribution in [-0.4, -0.2) is 53.6 Å². The van der Waals surface area contributed by atoms with Gasteiger partial charge in [-0.3, -0.25) is 14.5 Å². The Bertz CT molecular complexity index is 277. The van der Waals surface area contributed by atoms with Crippen LogP contribution in [0.1, 0.15) is 26.2 Å². The van der Waals surface area contributed by atoms with Crippen molar-refractivity contribution in [2.24, 2.45) is 5.73 Å². The maximum atomic E-state index is 11.1. The van der Waals surface area contributed by atoms with E-state index in [0.717, 1.165) is 25.9 Å². The minimum atomic E-state index is -0.846. The van der Waals surface area contributed by atoms with Gasteiger partial charge in [0.05, 0.1) is 13.0 Å². The molecular formula is C11H21N3O3. The van der Waals surface area contributed by atoms with Gasteiger partial charge in [-0.2, -0.15) is 0 Å². The van der Waals surface area contributed by atoms with Crippen molar-refractivity contribution in [1.29, 1.82) is 0 Å². The van der Waals surface area contributed by atoms with Gasteiger partial charge in [0.2, 0.25) is 5.91 Å². The third-order valence-electron chi connectivity index (χ3n) is 3.15. The summed E-state index contributed by atoms with van der Waals surface area (Å²) in [6.07, 6.45) is 1.89. The number of hydrogen-bond donors (Lipinski definition) is 3. The number of nitrogens with one attached hydrogen (secondary N) is 1. The third-order valence-corrected chi connectivity index (χ3v) is 3.15. The van der Waals surface area contributed by atoms with Gasteiger partial charge in [0.1, 0.15) is 0 Å². The largest absolute Gasteiger partial charge is 0.481 e. The summed E-state index contributed by atoms with van der Waals surface area (Å²) < 4.78 is 0. The lowest BCUT2D eigenvalue weighted by molar-refractivity contribution is -0.139. The summed E-state index contributed by atoms with van der Waals surface area (Å²) in [4.78, 5) is 23.7. The Balaban J connectivity index is 2.63. The van der Waals surface area contributed by atoms with Gasteiger partial charge in [-0.05, 0) is 32.9 Å². The molecule has 1 rings (SSSR count). The molecule has 1 fully saturated rings. The topological polar surface area (TPSA) is 95.7 Å². The second-order valence-corrected chi connectivity index (χ2v) is 4.57. The first-order valence-corrected chi connectivity index (χ1v) is 5.97. The number of piperidine rings is 1. The molecule has 0 spiro atoms. The molecule has 0 aromatic heterocycles. The molecule has 0 bridgehead atoms. The average molecular weight is 243 g/mol. The first kappa shape index (κ1) is 13.9. The van der Waals surface area contributed by atoms with Gasteiger partial charge in [-0.15, -0.1) is 0 Å². The third kappa shape index (κ3) is 4.70. The van der Waals surface area contributed by atoms with Gasteiger partial charge >= 0.3 is 5.97 Å². The predicted octanol–water partition coefficient (Wildman–Crippen LogP) is -0.611. The number of carbonyl (C=O) groups excluding carboxylic acids is 1. The predicted molar refractivity (Wildman–Crippen MR) is 63.5 cm³/mol.